The lowest BCUT2D eigenvalue weighted by Crippen LogP contribution is -2.34. The van der Waals surface area contributed by atoms with E-state index in [0.717, 1.165) is 55.1 Å². The number of benzene rings is 1. The maximum Gasteiger partial charge on any atom is 0.221 e. The summed E-state index contributed by atoms with van der Waals surface area (Å²) in [5.74, 6) is 0.244. The number of amides is 1. The molecular formula is C23H25N5O. The molecule has 1 aromatic carbocycles. The molecule has 1 aliphatic heterocycles. The number of nitrogens with zero attached hydrogens (tertiary/aromatic N) is 4. The topological polar surface area (TPSA) is 71.0 Å². The monoisotopic (exact) mass is 387 g/mol. The fourth-order valence-electron chi connectivity index (χ4n) is 3.99. The molecule has 0 radical (unpaired) electrons. The van der Waals surface area contributed by atoms with E-state index in [9.17, 15) is 4.79 Å². The van der Waals surface area contributed by atoms with Crippen LogP contribution >= 0.6 is 0 Å². The van der Waals surface area contributed by atoms with E-state index in [1.165, 1.54) is 12.5 Å². The minimum atomic E-state index is -0.0835. The van der Waals surface area contributed by atoms with Crippen LogP contribution in [-0.2, 0) is 11.3 Å². The summed E-state index contributed by atoms with van der Waals surface area (Å²) < 4.78 is 0. The molecule has 0 unspecified atom stereocenters. The molecule has 3 aromatic rings. The predicted molar refractivity (Wildman–Crippen MR) is 113 cm³/mol. The van der Waals surface area contributed by atoms with Gasteiger partial charge in [-0.1, -0.05) is 18.2 Å². The van der Waals surface area contributed by atoms with E-state index in [1.807, 2.05) is 42.7 Å². The third-order valence-electron chi connectivity index (χ3n) is 5.20. The van der Waals surface area contributed by atoms with Crippen molar-refractivity contribution in [1.29, 1.82) is 0 Å². The van der Waals surface area contributed by atoms with Crippen LogP contribution in [0.2, 0.25) is 0 Å². The van der Waals surface area contributed by atoms with Gasteiger partial charge in [0.05, 0.1) is 11.4 Å². The Hall–Kier alpha value is -3.12. The van der Waals surface area contributed by atoms with Gasteiger partial charge in [0.25, 0.3) is 0 Å². The second-order valence-electron chi connectivity index (χ2n) is 7.49. The average Bonchev–Trinajstić information content (AvgIpc) is 2.74. The third kappa shape index (κ3) is 4.84. The van der Waals surface area contributed by atoms with Gasteiger partial charge >= 0.3 is 0 Å². The lowest BCUT2D eigenvalue weighted by Gasteiger charge is -2.33. The highest BCUT2D eigenvalue weighted by molar-refractivity contribution is 5.89. The Morgan fingerprint density at radius 2 is 2.07 bits per heavy atom. The summed E-state index contributed by atoms with van der Waals surface area (Å²) >= 11 is 0. The molecule has 6 nitrogen and oxygen atoms in total. The normalized spacial score (nSPS) is 17.1. The van der Waals surface area contributed by atoms with Crippen LogP contribution in [0.3, 0.4) is 0 Å². The Labute approximate surface area is 171 Å². The fraction of sp³-hybridized carbons (Fsp3) is 0.304. The zero-order chi connectivity index (χ0) is 20.1. The highest BCUT2D eigenvalue weighted by Gasteiger charge is 2.25. The van der Waals surface area contributed by atoms with Crippen molar-refractivity contribution in [3.05, 3.63) is 72.4 Å². The van der Waals surface area contributed by atoms with Gasteiger partial charge in [-0.25, -0.2) is 0 Å². The average molecular weight is 387 g/mol. The minimum Gasteiger partial charge on any atom is -0.326 e. The van der Waals surface area contributed by atoms with Crippen molar-refractivity contribution in [2.45, 2.75) is 32.2 Å². The number of hydrogen-bond donors (Lipinski definition) is 1. The van der Waals surface area contributed by atoms with E-state index in [4.69, 9.17) is 4.98 Å². The van der Waals surface area contributed by atoms with Gasteiger partial charge in [-0.05, 0) is 43.1 Å². The molecule has 0 spiro atoms. The van der Waals surface area contributed by atoms with Gasteiger partial charge in [0.15, 0.2) is 0 Å². The molecule has 1 amide bonds. The molecule has 1 N–H and O–H groups in total. The number of carbonyl (C=O) groups is 1. The maximum absolute atomic E-state index is 11.4. The van der Waals surface area contributed by atoms with E-state index < -0.39 is 0 Å². The Morgan fingerprint density at radius 1 is 1.17 bits per heavy atom. The number of aromatic nitrogens is 3. The first-order valence-electron chi connectivity index (χ1n) is 9.99. The molecule has 2 aromatic heterocycles. The molecule has 1 fully saturated rings. The highest BCUT2D eigenvalue weighted by atomic mass is 16.1. The summed E-state index contributed by atoms with van der Waals surface area (Å²) in [4.78, 5) is 27.5. The van der Waals surface area contributed by atoms with Crippen LogP contribution in [0.25, 0.3) is 11.3 Å². The number of anilines is 1. The van der Waals surface area contributed by atoms with Crippen LogP contribution in [0.4, 0.5) is 5.69 Å². The summed E-state index contributed by atoms with van der Waals surface area (Å²) in [6.07, 6.45) is 9.48. The van der Waals surface area contributed by atoms with Crippen molar-refractivity contribution in [1.82, 2.24) is 19.9 Å². The Morgan fingerprint density at radius 3 is 2.90 bits per heavy atom. The second kappa shape index (κ2) is 8.92. The number of pyridine rings is 1. The van der Waals surface area contributed by atoms with Crippen LogP contribution in [0, 0.1) is 0 Å². The molecule has 0 bridgehead atoms. The van der Waals surface area contributed by atoms with Gasteiger partial charge in [0.1, 0.15) is 0 Å². The van der Waals surface area contributed by atoms with Crippen LogP contribution in [-0.4, -0.2) is 38.8 Å². The van der Waals surface area contributed by atoms with Crippen LogP contribution < -0.4 is 5.32 Å². The standard InChI is InChI=1S/C23H25N5O/c1-17(29)27-21-8-2-6-19(13-21)22-23(26-11-10-25-22)20-7-4-12-28(16-20)15-18-5-3-9-24-14-18/h2-3,5-6,8-11,13-14,20H,4,7,12,15-16H2,1H3,(H,27,29)/t20-/m0/s1. The summed E-state index contributed by atoms with van der Waals surface area (Å²) in [6.45, 7) is 4.45. The van der Waals surface area contributed by atoms with Gasteiger partial charge in [-0.3, -0.25) is 24.6 Å². The van der Waals surface area contributed by atoms with E-state index in [2.05, 4.69) is 26.3 Å². The van der Waals surface area contributed by atoms with Crippen LogP contribution in [0.1, 0.15) is 36.9 Å². The van der Waals surface area contributed by atoms with Crippen LogP contribution in [0.5, 0.6) is 0 Å². The van der Waals surface area contributed by atoms with Crippen molar-refractivity contribution in [2.24, 2.45) is 0 Å². The molecule has 1 saturated heterocycles. The quantitative estimate of drug-likeness (QED) is 0.719. The number of likely N-dealkylation sites (tertiary alicyclic amines) is 1. The largest absolute Gasteiger partial charge is 0.326 e. The summed E-state index contributed by atoms with van der Waals surface area (Å²) in [6, 6.07) is 11.9. The van der Waals surface area contributed by atoms with Gasteiger partial charge < -0.3 is 5.32 Å². The van der Waals surface area contributed by atoms with Crippen molar-refractivity contribution < 1.29 is 4.79 Å². The SMILES string of the molecule is CC(=O)Nc1cccc(-c2nccnc2[C@H]2CCCN(Cc3cccnc3)C2)c1. The smallest absolute Gasteiger partial charge is 0.221 e. The van der Waals surface area contributed by atoms with Gasteiger partial charge in [0.2, 0.25) is 5.91 Å². The molecular weight excluding hydrogens is 362 g/mol. The summed E-state index contributed by atoms with van der Waals surface area (Å²) in [5.41, 5.74) is 4.91. The summed E-state index contributed by atoms with van der Waals surface area (Å²) in [5, 5.41) is 2.85. The lowest BCUT2D eigenvalue weighted by molar-refractivity contribution is -0.114. The zero-order valence-corrected chi connectivity index (χ0v) is 16.6. The molecule has 3 heterocycles. The lowest BCUT2D eigenvalue weighted by atomic mass is 9.91. The van der Waals surface area contributed by atoms with Crippen molar-refractivity contribution in [2.75, 3.05) is 18.4 Å². The number of rotatable bonds is 5. The first kappa shape index (κ1) is 19.2. The van der Waals surface area contributed by atoms with E-state index in [0.29, 0.717) is 5.92 Å². The second-order valence-corrected chi connectivity index (χ2v) is 7.49. The molecule has 0 saturated carbocycles. The molecule has 1 atom stereocenters. The van der Waals surface area contributed by atoms with E-state index >= 15 is 0 Å². The fourth-order valence-corrected chi connectivity index (χ4v) is 3.99. The number of piperidine rings is 1. The molecule has 0 aliphatic carbocycles. The van der Waals surface area contributed by atoms with Crippen LogP contribution in [0.15, 0.2) is 61.2 Å². The number of nitrogens with one attached hydrogen (secondary N) is 1. The maximum atomic E-state index is 11.4. The Bertz CT molecular complexity index is 976. The van der Waals surface area contributed by atoms with E-state index in [1.54, 1.807) is 12.4 Å². The van der Waals surface area contributed by atoms with Gasteiger partial charge in [-0.15, -0.1) is 0 Å². The first-order chi connectivity index (χ1) is 14.2. The molecule has 29 heavy (non-hydrogen) atoms. The predicted octanol–water partition coefficient (Wildman–Crippen LogP) is 3.88. The first-order valence-corrected chi connectivity index (χ1v) is 9.99. The molecule has 148 valence electrons. The minimum absolute atomic E-state index is 0.0835. The van der Waals surface area contributed by atoms with E-state index in [-0.39, 0.29) is 5.91 Å². The molecule has 6 heteroatoms. The molecule has 4 rings (SSSR count). The summed E-state index contributed by atoms with van der Waals surface area (Å²) in [7, 11) is 0. The number of carbonyl (C=O) groups excluding carboxylic acids is 1. The number of hydrogen-bond acceptors (Lipinski definition) is 5. The Balaban J connectivity index is 1.57. The highest BCUT2D eigenvalue weighted by Crippen LogP contribution is 2.33. The third-order valence-corrected chi connectivity index (χ3v) is 5.20. The molecule has 1 aliphatic rings. The van der Waals surface area contributed by atoms with Gasteiger partial charge in [-0.2, -0.15) is 0 Å². The zero-order valence-electron chi connectivity index (χ0n) is 16.6. The van der Waals surface area contributed by atoms with Crippen molar-refractivity contribution in [3.8, 4) is 11.3 Å². The van der Waals surface area contributed by atoms with Crippen molar-refractivity contribution in [3.63, 3.8) is 0 Å². The Kier molecular flexibility index (Phi) is 5.91. The van der Waals surface area contributed by atoms with Crippen molar-refractivity contribution >= 4 is 11.6 Å². The van der Waals surface area contributed by atoms with Gasteiger partial charge in [0, 0.05) is 62.0 Å².